The molecule has 0 aliphatic heterocycles. The first-order valence-electron chi connectivity index (χ1n) is 13.2. The van der Waals surface area contributed by atoms with Crippen LogP contribution in [0.4, 0.5) is 17.6 Å². The lowest BCUT2D eigenvalue weighted by atomic mass is 10.1. The molecular formula is C32H30F4N2O4. The summed E-state index contributed by atoms with van der Waals surface area (Å²) < 4.78 is 65.5. The van der Waals surface area contributed by atoms with Gasteiger partial charge in [-0.25, -0.2) is 4.39 Å². The number of carboxylic acid groups (broad SMARTS) is 1. The predicted molar refractivity (Wildman–Crippen MR) is 149 cm³/mol. The first-order chi connectivity index (χ1) is 20.1. The van der Waals surface area contributed by atoms with Crippen LogP contribution < -0.4 is 15.2 Å². The molecule has 0 aliphatic carbocycles. The zero-order chi connectivity index (χ0) is 30.1. The molecule has 3 N–H and O–H groups in total. The van der Waals surface area contributed by atoms with Gasteiger partial charge in [-0.05, 0) is 48.4 Å². The highest BCUT2D eigenvalue weighted by Crippen LogP contribution is 2.31. The molecule has 1 atom stereocenters. The summed E-state index contributed by atoms with van der Waals surface area (Å²) in [5.41, 5.74) is 6.86. The summed E-state index contributed by atoms with van der Waals surface area (Å²) in [4.78, 5) is 13.3. The van der Waals surface area contributed by atoms with Gasteiger partial charge >= 0.3 is 12.1 Å². The number of nitrogens with zero attached hydrogens (tertiary/aromatic N) is 1. The number of para-hydroxylation sites is 3. The van der Waals surface area contributed by atoms with Gasteiger partial charge in [0.1, 0.15) is 24.1 Å². The summed E-state index contributed by atoms with van der Waals surface area (Å²) in [6.07, 6.45) is -4.31. The molecule has 1 unspecified atom stereocenters. The summed E-state index contributed by atoms with van der Waals surface area (Å²) in [5.74, 6) is -0.660. The number of carbonyl (C=O) groups is 1. The fraction of sp³-hybridized carbons (Fsp3) is 0.219. The van der Waals surface area contributed by atoms with Crippen molar-refractivity contribution >= 4 is 5.97 Å². The van der Waals surface area contributed by atoms with Gasteiger partial charge in [-0.1, -0.05) is 60.7 Å². The highest BCUT2D eigenvalue weighted by Gasteiger charge is 2.30. The second kappa shape index (κ2) is 14.0. The minimum absolute atomic E-state index is 0.0673. The fourth-order valence-corrected chi connectivity index (χ4v) is 4.29. The maximum absolute atomic E-state index is 14.3. The van der Waals surface area contributed by atoms with Crippen LogP contribution in [-0.4, -0.2) is 28.6 Å². The Hall–Kier alpha value is -4.41. The van der Waals surface area contributed by atoms with Gasteiger partial charge in [0.15, 0.2) is 11.6 Å². The lowest BCUT2D eigenvalue weighted by Gasteiger charge is -2.25. The first-order valence-corrected chi connectivity index (χ1v) is 13.2. The summed E-state index contributed by atoms with van der Waals surface area (Å²) in [6, 6.07) is 24.2. The lowest BCUT2D eigenvalue weighted by molar-refractivity contribution is -0.139. The van der Waals surface area contributed by atoms with E-state index in [1.807, 2.05) is 29.2 Å². The minimum atomic E-state index is -4.46. The Morgan fingerprint density at radius 3 is 2.07 bits per heavy atom. The van der Waals surface area contributed by atoms with Crippen LogP contribution in [0, 0.1) is 5.82 Å². The van der Waals surface area contributed by atoms with E-state index in [4.69, 9.17) is 15.2 Å². The molecule has 0 saturated carbocycles. The van der Waals surface area contributed by atoms with Crippen LogP contribution >= 0.6 is 0 Å². The number of alkyl halides is 3. The van der Waals surface area contributed by atoms with Crippen LogP contribution in [0.25, 0.3) is 0 Å². The van der Waals surface area contributed by atoms with Gasteiger partial charge in [0.2, 0.25) is 0 Å². The molecule has 220 valence electrons. The van der Waals surface area contributed by atoms with Crippen molar-refractivity contribution in [2.45, 2.75) is 38.3 Å². The third-order valence-corrected chi connectivity index (χ3v) is 6.51. The van der Waals surface area contributed by atoms with E-state index < -0.39 is 29.6 Å². The summed E-state index contributed by atoms with van der Waals surface area (Å²) in [6.45, 7) is 0.825. The number of halogens is 4. The van der Waals surface area contributed by atoms with Crippen molar-refractivity contribution < 1.29 is 36.9 Å². The molecule has 0 amide bonds. The molecule has 42 heavy (non-hydrogen) atoms. The van der Waals surface area contributed by atoms with Gasteiger partial charge in [0, 0.05) is 30.8 Å². The highest BCUT2D eigenvalue weighted by molar-refractivity contribution is 5.73. The topological polar surface area (TPSA) is 85.0 Å². The number of hydrogen-bond acceptors (Lipinski definition) is 5. The van der Waals surface area contributed by atoms with E-state index in [-0.39, 0.29) is 18.8 Å². The Morgan fingerprint density at radius 2 is 1.43 bits per heavy atom. The van der Waals surface area contributed by atoms with E-state index in [0.29, 0.717) is 36.7 Å². The predicted octanol–water partition coefficient (Wildman–Crippen LogP) is 7.02. The van der Waals surface area contributed by atoms with Crippen molar-refractivity contribution in [3.8, 4) is 17.2 Å². The van der Waals surface area contributed by atoms with Crippen LogP contribution in [0.15, 0.2) is 97.1 Å². The molecule has 0 bridgehead atoms. The molecule has 0 aromatic heterocycles. The SMILES string of the molecule is NC(CCN(Cc1ccccc1OCc1cccc(C(F)(F)F)c1)Cc1ccccc1Oc1ccccc1F)C(=O)O. The molecule has 0 aliphatic rings. The fourth-order valence-electron chi connectivity index (χ4n) is 4.29. The van der Waals surface area contributed by atoms with Gasteiger partial charge < -0.3 is 20.3 Å². The van der Waals surface area contributed by atoms with Crippen molar-refractivity contribution in [2.75, 3.05) is 6.54 Å². The second-order valence-corrected chi connectivity index (χ2v) is 9.68. The number of ether oxygens (including phenoxy) is 2. The molecule has 6 nitrogen and oxygen atoms in total. The number of aliphatic carboxylic acids is 1. The lowest BCUT2D eigenvalue weighted by Crippen LogP contribution is -2.35. The summed E-state index contributed by atoms with van der Waals surface area (Å²) in [5, 5.41) is 9.31. The van der Waals surface area contributed by atoms with E-state index in [2.05, 4.69) is 0 Å². The quantitative estimate of drug-likeness (QED) is 0.165. The van der Waals surface area contributed by atoms with E-state index in [9.17, 15) is 27.5 Å². The molecule has 0 spiro atoms. The monoisotopic (exact) mass is 582 g/mol. The Morgan fingerprint density at radius 1 is 0.833 bits per heavy atom. The van der Waals surface area contributed by atoms with Gasteiger partial charge in [0.05, 0.1) is 5.56 Å². The third-order valence-electron chi connectivity index (χ3n) is 6.51. The number of rotatable bonds is 13. The Bertz CT molecular complexity index is 1500. The van der Waals surface area contributed by atoms with Gasteiger partial charge in [-0.2, -0.15) is 13.2 Å². The number of nitrogens with two attached hydrogens (primary N) is 1. The molecule has 0 saturated heterocycles. The summed E-state index contributed by atoms with van der Waals surface area (Å²) >= 11 is 0. The molecule has 4 aromatic rings. The van der Waals surface area contributed by atoms with Crippen molar-refractivity contribution in [2.24, 2.45) is 5.73 Å². The Balaban J connectivity index is 1.55. The van der Waals surface area contributed by atoms with Crippen molar-refractivity contribution in [3.63, 3.8) is 0 Å². The molecule has 4 aromatic carbocycles. The highest BCUT2D eigenvalue weighted by atomic mass is 19.4. The molecule has 10 heteroatoms. The summed E-state index contributed by atoms with van der Waals surface area (Å²) in [7, 11) is 0. The van der Waals surface area contributed by atoms with Crippen LogP contribution in [0.1, 0.15) is 28.7 Å². The van der Waals surface area contributed by atoms with Crippen molar-refractivity contribution in [3.05, 3.63) is 125 Å². The smallest absolute Gasteiger partial charge is 0.416 e. The minimum Gasteiger partial charge on any atom is -0.489 e. The zero-order valence-electron chi connectivity index (χ0n) is 22.6. The maximum atomic E-state index is 14.3. The third kappa shape index (κ3) is 8.55. The average molecular weight is 583 g/mol. The largest absolute Gasteiger partial charge is 0.489 e. The van der Waals surface area contributed by atoms with Crippen LogP contribution in [0.5, 0.6) is 17.2 Å². The normalized spacial score (nSPS) is 12.2. The van der Waals surface area contributed by atoms with E-state index in [0.717, 1.165) is 23.3 Å². The number of carboxylic acids is 1. The molecule has 0 heterocycles. The first kappa shape index (κ1) is 30.5. The van der Waals surface area contributed by atoms with E-state index >= 15 is 0 Å². The number of hydrogen-bond donors (Lipinski definition) is 2. The van der Waals surface area contributed by atoms with Crippen molar-refractivity contribution in [1.82, 2.24) is 4.90 Å². The van der Waals surface area contributed by atoms with Crippen LogP contribution in [-0.2, 0) is 30.7 Å². The molecule has 0 fully saturated rings. The van der Waals surface area contributed by atoms with Crippen molar-refractivity contribution in [1.29, 1.82) is 0 Å². The Kier molecular flexibility index (Phi) is 10.2. The zero-order valence-corrected chi connectivity index (χ0v) is 22.6. The van der Waals surface area contributed by atoms with Gasteiger partial charge in [-0.15, -0.1) is 0 Å². The molecule has 0 radical (unpaired) electrons. The van der Waals surface area contributed by atoms with Gasteiger partial charge in [0.25, 0.3) is 0 Å². The molecule has 4 rings (SSSR count). The van der Waals surface area contributed by atoms with E-state index in [1.165, 1.54) is 18.2 Å². The Labute approximate surface area is 240 Å². The average Bonchev–Trinajstić information content (AvgIpc) is 2.97. The number of benzene rings is 4. The second-order valence-electron chi connectivity index (χ2n) is 9.68. The standard InChI is InChI=1S/C32H30F4N2O4/c33-26-12-3-6-15-30(26)42-29-14-5-2-10-24(29)20-38(17-16-27(37)31(39)40)19-23-9-1-4-13-28(23)41-21-22-8-7-11-25(18-22)32(34,35)36/h1-15,18,27H,16-17,19-21,37H2,(H,39,40). The maximum Gasteiger partial charge on any atom is 0.416 e. The molecular weight excluding hydrogens is 552 g/mol. The van der Waals surface area contributed by atoms with Crippen LogP contribution in [0.2, 0.25) is 0 Å². The van der Waals surface area contributed by atoms with E-state index in [1.54, 1.807) is 42.5 Å². The van der Waals surface area contributed by atoms with Gasteiger partial charge in [-0.3, -0.25) is 9.69 Å². The van der Waals surface area contributed by atoms with Crippen LogP contribution in [0.3, 0.4) is 0 Å².